The Morgan fingerprint density at radius 1 is 1.11 bits per heavy atom. The molecule has 0 unspecified atom stereocenters. The summed E-state index contributed by atoms with van der Waals surface area (Å²) < 4.78 is 16.3. The highest BCUT2D eigenvalue weighted by Gasteiger charge is 2.16. The van der Waals surface area contributed by atoms with Crippen molar-refractivity contribution in [3.05, 3.63) is 30.4 Å². The van der Waals surface area contributed by atoms with E-state index in [2.05, 4.69) is 28.8 Å². The highest BCUT2D eigenvalue weighted by Crippen LogP contribution is 2.39. The number of benzene rings is 1. The molecule has 0 amide bonds. The standard InChI is InChI=1S/C20H33N3O3.HI/c1-7-8-9-10-11-14-23(3)20(21-2)22-15-16-12-13-17(24-4)19(26-6)18(16)25-5;/h7,12-13H,1,8-11,14-15H2,2-6H3,(H,21,22);1H. The van der Waals surface area contributed by atoms with Crippen LogP contribution in [0.4, 0.5) is 0 Å². The van der Waals surface area contributed by atoms with Crippen LogP contribution in [0.3, 0.4) is 0 Å². The summed E-state index contributed by atoms with van der Waals surface area (Å²) in [6.07, 6.45) is 6.56. The lowest BCUT2D eigenvalue weighted by Gasteiger charge is -2.23. The third kappa shape index (κ3) is 7.86. The molecule has 0 spiro atoms. The van der Waals surface area contributed by atoms with Crippen LogP contribution < -0.4 is 19.5 Å². The minimum Gasteiger partial charge on any atom is -0.493 e. The van der Waals surface area contributed by atoms with Gasteiger partial charge in [-0.25, -0.2) is 0 Å². The van der Waals surface area contributed by atoms with E-state index in [1.165, 1.54) is 12.8 Å². The molecule has 6 nitrogen and oxygen atoms in total. The SMILES string of the molecule is C=CCCCCCN(C)C(=NC)NCc1ccc(OC)c(OC)c1OC.I. The molecule has 0 aliphatic heterocycles. The predicted octanol–water partition coefficient (Wildman–Crippen LogP) is 4.08. The molecule has 1 rings (SSSR count). The molecule has 27 heavy (non-hydrogen) atoms. The number of nitrogens with zero attached hydrogens (tertiary/aromatic N) is 2. The highest BCUT2D eigenvalue weighted by atomic mass is 127. The van der Waals surface area contributed by atoms with E-state index in [1.807, 2.05) is 18.2 Å². The lowest BCUT2D eigenvalue weighted by molar-refractivity contribution is 0.322. The Kier molecular flexibility index (Phi) is 13.5. The zero-order chi connectivity index (χ0) is 19.4. The van der Waals surface area contributed by atoms with Crippen LogP contribution in [-0.2, 0) is 6.54 Å². The number of ether oxygens (including phenoxy) is 3. The van der Waals surface area contributed by atoms with E-state index >= 15 is 0 Å². The maximum atomic E-state index is 5.53. The van der Waals surface area contributed by atoms with E-state index in [0.29, 0.717) is 23.8 Å². The predicted molar refractivity (Wildman–Crippen MR) is 123 cm³/mol. The number of allylic oxidation sites excluding steroid dienone is 1. The van der Waals surface area contributed by atoms with Crippen molar-refractivity contribution >= 4 is 29.9 Å². The van der Waals surface area contributed by atoms with Crippen molar-refractivity contribution in [2.45, 2.75) is 32.2 Å². The molecule has 0 saturated heterocycles. The Morgan fingerprint density at radius 2 is 1.81 bits per heavy atom. The number of nitrogens with one attached hydrogen (secondary N) is 1. The van der Waals surface area contributed by atoms with E-state index < -0.39 is 0 Å². The molecule has 1 N–H and O–H groups in total. The molecule has 0 heterocycles. The maximum Gasteiger partial charge on any atom is 0.203 e. The Balaban J connectivity index is 0.00000676. The fraction of sp³-hybridized carbons (Fsp3) is 0.550. The molecule has 0 aliphatic rings. The third-order valence-electron chi connectivity index (χ3n) is 4.20. The molecule has 0 radical (unpaired) electrons. The molecule has 0 bridgehead atoms. The van der Waals surface area contributed by atoms with Crippen molar-refractivity contribution in [2.75, 3.05) is 42.0 Å². The zero-order valence-electron chi connectivity index (χ0n) is 17.2. The molecule has 0 saturated carbocycles. The second-order valence-electron chi connectivity index (χ2n) is 5.95. The van der Waals surface area contributed by atoms with Crippen LogP contribution in [-0.4, -0.2) is 52.8 Å². The summed E-state index contributed by atoms with van der Waals surface area (Å²) >= 11 is 0. The summed E-state index contributed by atoms with van der Waals surface area (Å²) in [5.41, 5.74) is 0.977. The van der Waals surface area contributed by atoms with Crippen LogP contribution in [0.1, 0.15) is 31.2 Å². The van der Waals surface area contributed by atoms with Crippen LogP contribution in [0.2, 0.25) is 0 Å². The molecule has 0 fully saturated rings. The summed E-state index contributed by atoms with van der Waals surface area (Å²) in [4.78, 5) is 6.51. The van der Waals surface area contributed by atoms with Crippen molar-refractivity contribution < 1.29 is 14.2 Å². The first-order valence-corrected chi connectivity index (χ1v) is 8.93. The third-order valence-corrected chi connectivity index (χ3v) is 4.20. The first-order valence-electron chi connectivity index (χ1n) is 8.93. The molecule has 1 aromatic rings. The van der Waals surface area contributed by atoms with Gasteiger partial charge in [0, 0.05) is 32.7 Å². The number of methoxy groups -OCH3 is 3. The van der Waals surface area contributed by atoms with Gasteiger partial charge in [0.05, 0.1) is 21.3 Å². The smallest absolute Gasteiger partial charge is 0.203 e. The van der Waals surface area contributed by atoms with E-state index in [1.54, 1.807) is 28.4 Å². The van der Waals surface area contributed by atoms with Gasteiger partial charge in [0.1, 0.15) is 0 Å². The van der Waals surface area contributed by atoms with E-state index in [9.17, 15) is 0 Å². The molecule has 0 aliphatic carbocycles. The summed E-state index contributed by atoms with van der Waals surface area (Å²) in [5, 5.41) is 3.38. The summed E-state index contributed by atoms with van der Waals surface area (Å²) in [5.74, 6) is 2.77. The summed E-state index contributed by atoms with van der Waals surface area (Å²) in [6, 6.07) is 3.85. The van der Waals surface area contributed by atoms with Gasteiger partial charge in [0.25, 0.3) is 0 Å². The molecule has 0 aromatic heterocycles. The minimum atomic E-state index is 0. The molecule has 154 valence electrons. The monoisotopic (exact) mass is 491 g/mol. The van der Waals surface area contributed by atoms with Gasteiger partial charge in [0.15, 0.2) is 17.5 Å². The van der Waals surface area contributed by atoms with Gasteiger partial charge in [0.2, 0.25) is 5.75 Å². The van der Waals surface area contributed by atoms with E-state index in [-0.39, 0.29) is 24.0 Å². The Morgan fingerprint density at radius 3 is 2.37 bits per heavy atom. The van der Waals surface area contributed by atoms with Gasteiger partial charge in [-0.3, -0.25) is 4.99 Å². The molecule has 7 heteroatoms. The average molecular weight is 491 g/mol. The van der Waals surface area contributed by atoms with Crippen LogP contribution >= 0.6 is 24.0 Å². The lowest BCUT2D eigenvalue weighted by atomic mass is 10.1. The first-order chi connectivity index (χ1) is 12.6. The highest BCUT2D eigenvalue weighted by molar-refractivity contribution is 14.0. The number of guanidine groups is 1. The number of halogens is 1. The second-order valence-corrected chi connectivity index (χ2v) is 5.95. The van der Waals surface area contributed by atoms with Crippen molar-refractivity contribution in [3.8, 4) is 17.2 Å². The van der Waals surface area contributed by atoms with Crippen LogP contribution in [0.15, 0.2) is 29.8 Å². The fourth-order valence-corrected chi connectivity index (χ4v) is 2.78. The quantitative estimate of drug-likeness (QED) is 0.166. The average Bonchev–Trinajstić information content (AvgIpc) is 2.67. The largest absolute Gasteiger partial charge is 0.493 e. The Bertz CT molecular complexity index is 594. The van der Waals surface area contributed by atoms with Crippen molar-refractivity contribution in [3.63, 3.8) is 0 Å². The second kappa shape index (κ2) is 14.4. The number of rotatable bonds is 11. The van der Waals surface area contributed by atoms with Gasteiger partial charge in [-0.05, 0) is 31.4 Å². The van der Waals surface area contributed by atoms with Gasteiger partial charge >= 0.3 is 0 Å². The summed E-state index contributed by atoms with van der Waals surface area (Å²) in [7, 11) is 8.69. The Hall–Kier alpha value is -1.64. The summed E-state index contributed by atoms with van der Waals surface area (Å²) in [6.45, 7) is 5.30. The zero-order valence-corrected chi connectivity index (χ0v) is 19.5. The van der Waals surface area contributed by atoms with Gasteiger partial charge in [-0.1, -0.05) is 12.5 Å². The number of aliphatic imine (C=N–C) groups is 1. The van der Waals surface area contributed by atoms with Gasteiger partial charge < -0.3 is 24.4 Å². The molecular weight excluding hydrogens is 457 g/mol. The number of unbranched alkanes of at least 4 members (excludes halogenated alkanes) is 3. The van der Waals surface area contributed by atoms with Crippen molar-refractivity contribution in [2.24, 2.45) is 4.99 Å². The van der Waals surface area contributed by atoms with Crippen molar-refractivity contribution in [1.29, 1.82) is 0 Å². The lowest BCUT2D eigenvalue weighted by Crippen LogP contribution is -2.39. The molecule has 1 aromatic carbocycles. The maximum absolute atomic E-state index is 5.53. The Labute approximate surface area is 181 Å². The minimum absolute atomic E-state index is 0. The fourth-order valence-electron chi connectivity index (χ4n) is 2.78. The van der Waals surface area contributed by atoms with Crippen LogP contribution in [0.5, 0.6) is 17.2 Å². The first kappa shape index (κ1) is 25.4. The van der Waals surface area contributed by atoms with Gasteiger partial charge in [-0.15, -0.1) is 30.6 Å². The molecular formula is C20H34IN3O3. The van der Waals surface area contributed by atoms with E-state index in [0.717, 1.165) is 30.9 Å². The van der Waals surface area contributed by atoms with Crippen LogP contribution in [0, 0.1) is 0 Å². The van der Waals surface area contributed by atoms with E-state index in [4.69, 9.17) is 14.2 Å². The van der Waals surface area contributed by atoms with Crippen LogP contribution in [0.25, 0.3) is 0 Å². The molecule has 0 atom stereocenters. The normalized spacial score (nSPS) is 10.6. The van der Waals surface area contributed by atoms with Gasteiger partial charge in [-0.2, -0.15) is 0 Å². The number of hydrogen-bond donors (Lipinski definition) is 1. The topological polar surface area (TPSA) is 55.3 Å². The number of hydrogen-bond acceptors (Lipinski definition) is 4. The van der Waals surface area contributed by atoms with Crippen molar-refractivity contribution in [1.82, 2.24) is 10.2 Å².